The first-order valence-electron chi connectivity index (χ1n) is 18.8. The van der Waals surface area contributed by atoms with Gasteiger partial charge in [-0.15, -0.1) is 0 Å². The van der Waals surface area contributed by atoms with Gasteiger partial charge in [0, 0.05) is 67.7 Å². The lowest BCUT2D eigenvalue weighted by Crippen LogP contribution is -2.54. The highest BCUT2D eigenvalue weighted by atomic mass is 28.4. The molecule has 3 unspecified atom stereocenters. The first-order valence-corrected chi connectivity index (χ1v) is 21.7. The molecule has 0 spiro atoms. The molecule has 1 N–H and O–H groups in total. The Morgan fingerprint density at radius 3 is 2.29 bits per heavy atom. The Morgan fingerprint density at radius 2 is 1.71 bits per heavy atom. The number of carbonyl (C=O) groups is 1. The number of likely N-dealkylation sites (N-methyl/N-ethyl adjacent to an activating group) is 1. The van der Waals surface area contributed by atoms with Crippen LogP contribution in [0.25, 0.3) is 11.3 Å². The standard InChI is InChI=1S/C41H56F3N7O3Si/c1-26-21-50(22-27(2)49(26)10)23-28-13-14-31(19-32(28)41(42,43)44)47-36-46-16-15-34(48-36)29-17-30(20-45)35-33(18-29)40(9,25-53-55(11,12)39(6,7)8)24-51(35)37(52)54-38(3,4)5/h13-19,26-27H,21-25H2,1-12H3,(H,46,47,48). The number of nitriles is 1. The van der Waals surface area contributed by atoms with E-state index in [9.17, 15) is 23.2 Å². The molecule has 0 radical (unpaired) electrons. The molecule has 298 valence electrons. The van der Waals surface area contributed by atoms with E-state index in [1.54, 1.807) is 39.0 Å². The number of rotatable bonds is 8. The number of aromatic nitrogens is 2. The number of hydrogen-bond donors (Lipinski definition) is 1. The molecule has 2 aliphatic rings. The number of hydrogen-bond acceptors (Lipinski definition) is 9. The molecule has 1 saturated heterocycles. The summed E-state index contributed by atoms with van der Waals surface area (Å²) < 4.78 is 55.9. The number of ether oxygens (including phenoxy) is 1. The second kappa shape index (κ2) is 15.1. The summed E-state index contributed by atoms with van der Waals surface area (Å²) in [5, 5.41) is 13.4. The minimum absolute atomic E-state index is 0.0527. The number of nitrogens with one attached hydrogen (secondary N) is 1. The summed E-state index contributed by atoms with van der Waals surface area (Å²) in [5.41, 5.74) is 0.752. The number of piperazine rings is 1. The van der Waals surface area contributed by atoms with E-state index in [1.165, 1.54) is 17.2 Å². The Labute approximate surface area is 325 Å². The van der Waals surface area contributed by atoms with Crippen LogP contribution in [0.1, 0.15) is 84.6 Å². The van der Waals surface area contributed by atoms with Crippen LogP contribution >= 0.6 is 0 Å². The van der Waals surface area contributed by atoms with Gasteiger partial charge in [-0.05, 0) is 101 Å². The lowest BCUT2D eigenvalue weighted by molar-refractivity contribution is -0.138. The van der Waals surface area contributed by atoms with Crippen LogP contribution in [0, 0.1) is 11.3 Å². The number of alkyl halides is 3. The third kappa shape index (κ3) is 9.34. The van der Waals surface area contributed by atoms with Gasteiger partial charge in [0.1, 0.15) is 11.7 Å². The van der Waals surface area contributed by atoms with Gasteiger partial charge in [0.2, 0.25) is 5.95 Å². The number of amides is 1. The summed E-state index contributed by atoms with van der Waals surface area (Å²) in [4.78, 5) is 28.5. The van der Waals surface area contributed by atoms with Gasteiger partial charge in [-0.1, -0.05) is 33.8 Å². The van der Waals surface area contributed by atoms with Gasteiger partial charge in [0.15, 0.2) is 8.32 Å². The number of anilines is 3. The summed E-state index contributed by atoms with van der Waals surface area (Å²) in [6, 6.07) is 12.2. The van der Waals surface area contributed by atoms with Crippen molar-refractivity contribution < 1.29 is 27.1 Å². The van der Waals surface area contributed by atoms with E-state index in [4.69, 9.17) is 9.16 Å². The predicted molar refractivity (Wildman–Crippen MR) is 213 cm³/mol. The molecular weight excluding hydrogens is 724 g/mol. The zero-order valence-electron chi connectivity index (χ0n) is 34.3. The quantitative estimate of drug-likeness (QED) is 0.224. The van der Waals surface area contributed by atoms with Gasteiger partial charge in [-0.2, -0.15) is 18.4 Å². The minimum atomic E-state index is -4.56. The Bertz CT molecular complexity index is 1940. The maximum atomic E-state index is 14.5. The number of fused-ring (bicyclic) bond motifs is 1. The average Bonchev–Trinajstić information content (AvgIpc) is 3.38. The van der Waals surface area contributed by atoms with E-state index in [-0.39, 0.29) is 53.0 Å². The fourth-order valence-electron chi connectivity index (χ4n) is 6.93. The van der Waals surface area contributed by atoms with Crippen LogP contribution in [0.5, 0.6) is 0 Å². The predicted octanol–water partition coefficient (Wildman–Crippen LogP) is 9.34. The number of halogens is 3. The van der Waals surface area contributed by atoms with Crippen molar-refractivity contribution in [2.24, 2.45) is 0 Å². The molecule has 0 saturated carbocycles. The summed E-state index contributed by atoms with van der Waals surface area (Å²) >= 11 is 0. The molecule has 55 heavy (non-hydrogen) atoms. The van der Waals surface area contributed by atoms with E-state index in [0.717, 1.165) is 11.6 Å². The lowest BCUT2D eigenvalue weighted by atomic mass is 9.83. The molecule has 2 aliphatic heterocycles. The van der Waals surface area contributed by atoms with Gasteiger partial charge in [0.05, 0.1) is 22.5 Å². The van der Waals surface area contributed by atoms with Crippen molar-refractivity contribution in [3.63, 3.8) is 0 Å². The van der Waals surface area contributed by atoms with E-state index < -0.39 is 37.2 Å². The Balaban J connectivity index is 1.49. The van der Waals surface area contributed by atoms with Crippen molar-refractivity contribution >= 4 is 31.7 Å². The maximum Gasteiger partial charge on any atom is 0.416 e. The molecule has 10 nitrogen and oxygen atoms in total. The molecule has 3 aromatic rings. The fourth-order valence-corrected chi connectivity index (χ4v) is 8.05. The molecule has 14 heteroatoms. The van der Waals surface area contributed by atoms with Crippen molar-refractivity contribution in [3.8, 4) is 17.3 Å². The SMILES string of the molecule is CC1CN(Cc2ccc(Nc3nccc(-c4cc(C#N)c5c(c4)C(C)(CO[Si](C)(C)C(C)(C)C)CN5C(=O)OC(C)(C)C)n3)cc2C(F)(F)F)CC(C)N1C. The van der Waals surface area contributed by atoms with Crippen molar-refractivity contribution in [3.05, 3.63) is 64.8 Å². The second-order valence-corrected chi connectivity index (χ2v) is 22.8. The van der Waals surface area contributed by atoms with Crippen LogP contribution in [0.2, 0.25) is 18.1 Å². The van der Waals surface area contributed by atoms with Crippen molar-refractivity contribution in [1.29, 1.82) is 5.26 Å². The highest BCUT2D eigenvalue weighted by Crippen LogP contribution is 2.47. The van der Waals surface area contributed by atoms with Gasteiger partial charge < -0.3 is 14.5 Å². The molecule has 1 amide bonds. The third-order valence-electron chi connectivity index (χ3n) is 11.3. The van der Waals surface area contributed by atoms with Crippen LogP contribution in [-0.2, 0) is 27.3 Å². The largest absolute Gasteiger partial charge is 0.443 e. The highest BCUT2D eigenvalue weighted by Gasteiger charge is 2.47. The number of carbonyl (C=O) groups excluding carboxylic acids is 1. The average molecular weight is 780 g/mol. The van der Waals surface area contributed by atoms with Crippen molar-refractivity contribution in [2.75, 3.05) is 43.5 Å². The summed E-state index contributed by atoms with van der Waals surface area (Å²) in [6.45, 7) is 24.5. The van der Waals surface area contributed by atoms with Crippen LogP contribution in [0.15, 0.2) is 42.6 Å². The number of nitrogens with zero attached hydrogens (tertiary/aromatic N) is 6. The van der Waals surface area contributed by atoms with Crippen LogP contribution < -0.4 is 10.2 Å². The van der Waals surface area contributed by atoms with Gasteiger partial charge in [-0.25, -0.2) is 14.8 Å². The molecule has 3 atom stereocenters. The maximum absolute atomic E-state index is 14.5. The monoisotopic (exact) mass is 779 g/mol. The highest BCUT2D eigenvalue weighted by molar-refractivity contribution is 6.74. The zero-order valence-corrected chi connectivity index (χ0v) is 35.3. The summed E-state index contributed by atoms with van der Waals surface area (Å²) in [5.74, 6) is 0.0958. The zero-order chi connectivity index (χ0) is 40.9. The second-order valence-electron chi connectivity index (χ2n) is 18.0. The molecular formula is C41H56F3N7O3Si. The molecule has 5 rings (SSSR count). The molecule has 2 aromatic carbocycles. The number of benzene rings is 2. The normalized spacial score (nSPS) is 21.3. The van der Waals surface area contributed by atoms with Crippen LogP contribution in [0.3, 0.4) is 0 Å². The third-order valence-corrected chi connectivity index (χ3v) is 15.8. The molecule has 0 aliphatic carbocycles. The Morgan fingerprint density at radius 1 is 1.05 bits per heavy atom. The van der Waals surface area contributed by atoms with Crippen LogP contribution in [0.4, 0.5) is 35.3 Å². The topological polar surface area (TPSA) is 107 Å². The first kappa shape index (κ1) is 42.1. The smallest absolute Gasteiger partial charge is 0.416 e. The van der Waals surface area contributed by atoms with Gasteiger partial charge in [0.25, 0.3) is 0 Å². The summed E-state index contributed by atoms with van der Waals surface area (Å²) in [6.07, 6.45) is -3.60. The van der Waals surface area contributed by atoms with E-state index >= 15 is 0 Å². The Hall–Kier alpha value is -4.03. The first-order chi connectivity index (χ1) is 25.3. The molecule has 0 bridgehead atoms. The molecule has 1 fully saturated rings. The van der Waals surface area contributed by atoms with E-state index in [0.29, 0.717) is 36.6 Å². The Kier molecular flexibility index (Phi) is 11.6. The minimum Gasteiger partial charge on any atom is -0.443 e. The lowest BCUT2D eigenvalue weighted by Gasteiger charge is -2.42. The van der Waals surface area contributed by atoms with Crippen molar-refractivity contribution in [2.45, 2.75) is 116 Å². The van der Waals surface area contributed by atoms with Crippen LogP contribution in [-0.4, -0.2) is 85.2 Å². The van der Waals surface area contributed by atoms with E-state index in [1.807, 2.05) is 20.0 Å². The van der Waals surface area contributed by atoms with Gasteiger partial charge >= 0.3 is 12.3 Å². The van der Waals surface area contributed by atoms with Crippen molar-refractivity contribution in [1.82, 2.24) is 19.8 Å². The molecule has 3 heterocycles. The van der Waals surface area contributed by atoms with E-state index in [2.05, 4.69) is 78.9 Å². The summed E-state index contributed by atoms with van der Waals surface area (Å²) in [7, 11) is -0.172. The molecule has 1 aromatic heterocycles. The fraction of sp³-hybridized carbons (Fsp3) is 0.561. The van der Waals surface area contributed by atoms with Gasteiger partial charge in [-0.3, -0.25) is 14.7 Å².